The van der Waals surface area contributed by atoms with Crippen molar-refractivity contribution < 1.29 is 9.50 Å². The van der Waals surface area contributed by atoms with Crippen LogP contribution in [0.5, 0.6) is 5.75 Å². The lowest BCUT2D eigenvalue weighted by Gasteiger charge is -2.17. The molecule has 2 N–H and O–H groups in total. The highest BCUT2D eigenvalue weighted by atomic mass is 19.1. The van der Waals surface area contributed by atoms with E-state index < -0.39 is 0 Å². The summed E-state index contributed by atoms with van der Waals surface area (Å²) in [5, 5.41) is 12.4. The molecule has 94 valence electrons. The highest BCUT2D eigenvalue weighted by Gasteiger charge is 2.13. The van der Waals surface area contributed by atoms with Crippen molar-refractivity contribution in [2.24, 2.45) is 0 Å². The number of benzene rings is 2. The smallest absolute Gasteiger partial charge is 0.127 e. The summed E-state index contributed by atoms with van der Waals surface area (Å²) in [7, 11) is 1.82. The van der Waals surface area contributed by atoms with Gasteiger partial charge < -0.3 is 10.4 Å². The SMILES string of the molecule is CNC(Cc1ccc(O)cc1)c1ccccc1F. The van der Waals surface area contributed by atoms with Crippen molar-refractivity contribution in [1.82, 2.24) is 5.32 Å². The molecule has 0 bridgehead atoms. The van der Waals surface area contributed by atoms with Crippen LogP contribution in [0.3, 0.4) is 0 Å². The van der Waals surface area contributed by atoms with E-state index in [1.807, 2.05) is 25.2 Å². The Labute approximate surface area is 106 Å². The zero-order chi connectivity index (χ0) is 13.0. The number of aromatic hydroxyl groups is 1. The van der Waals surface area contributed by atoms with Gasteiger partial charge in [0.2, 0.25) is 0 Å². The molecule has 2 rings (SSSR count). The molecule has 0 heterocycles. The van der Waals surface area contributed by atoms with E-state index in [0.29, 0.717) is 12.0 Å². The summed E-state index contributed by atoms with van der Waals surface area (Å²) in [5.41, 5.74) is 1.71. The third-order valence-electron chi connectivity index (χ3n) is 3.01. The summed E-state index contributed by atoms with van der Waals surface area (Å²) >= 11 is 0. The van der Waals surface area contributed by atoms with Crippen molar-refractivity contribution >= 4 is 0 Å². The van der Waals surface area contributed by atoms with E-state index >= 15 is 0 Å². The Hall–Kier alpha value is -1.87. The minimum absolute atomic E-state index is 0.0734. The van der Waals surface area contributed by atoms with Gasteiger partial charge >= 0.3 is 0 Å². The molecule has 0 aliphatic rings. The largest absolute Gasteiger partial charge is 0.508 e. The first kappa shape index (κ1) is 12.6. The minimum Gasteiger partial charge on any atom is -0.508 e. The molecular weight excluding hydrogens is 229 g/mol. The van der Waals surface area contributed by atoms with Crippen LogP contribution in [0.25, 0.3) is 0 Å². The van der Waals surface area contributed by atoms with E-state index in [2.05, 4.69) is 5.32 Å². The molecule has 1 atom stereocenters. The molecule has 2 aromatic carbocycles. The fourth-order valence-electron chi connectivity index (χ4n) is 1.99. The van der Waals surface area contributed by atoms with Gasteiger partial charge in [-0.2, -0.15) is 0 Å². The number of hydrogen-bond donors (Lipinski definition) is 2. The monoisotopic (exact) mass is 245 g/mol. The normalized spacial score (nSPS) is 12.3. The molecule has 1 unspecified atom stereocenters. The zero-order valence-corrected chi connectivity index (χ0v) is 10.2. The molecule has 0 saturated heterocycles. The van der Waals surface area contributed by atoms with Gasteiger partial charge in [0.05, 0.1) is 0 Å². The first-order valence-electron chi connectivity index (χ1n) is 5.90. The van der Waals surface area contributed by atoms with Gasteiger partial charge in [-0.15, -0.1) is 0 Å². The predicted octanol–water partition coefficient (Wildman–Crippen LogP) is 3.03. The molecule has 2 aromatic rings. The number of phenolic OH excluding ortho intramolecular Hbond substituents is 1. The molecular formula is C15H16FNO. The van der Waals surface area contributed by atoms with Crippen molar-refractivity contribution in [3.05, 3.63) is 65.5 Å². The van der Waals surface area contributed by atoms with E-state index in [-0.39, 0.29) is 17.6 Å². The van der Waals surface area contributed by atoms with Crippen molar-refractivity contribution in [3.63, 3.8) is 0 Å². The molecule has 3 heteroatoms. The standard InChI is InChI=1S/C15H16FNO/c1-17-15(13-4-2-3-5-14(13)16)10-11-6-8-12(18)9-7-11/h2-9,15,17-18H,10H2,1H3. The van der Waals surface area contributed by atoms with Gasteiger partial charge in [0, 0.05) is 11.6 Å². The second kappa shape index (κ2) is 5.65. The summed E-state index contributed by atoms with van der Waals surface area (Å²) in [5.74, 6) is 0.0428. The van der Waals surface area contributed by atoms with Crippen LogP contribution in [0.2, 0.25) is 0 Å². The average molecular weight is 245 g/mol. The van der Waals surface area contributed by atoms with Crippen LogP contribution < -0.4 is 5.32 Å². The van der Waals surface area contributed by atoms with Crippen LogP contribution in [0.4, 0.5) is 4.39 Å². The topological polar surface area (TPSA) is 32.3 Å². The van der Waals surface area contributed by atoms with Gasteiger partial charge in [-0.1, -0.05) is 30.3 Å². The highest BCUT2D eigenvalue weighted by Crippen LogP contribution is 2.21. The Morgan fingerprint density at radius 3 is 2.39 bits per heavy atom. The summed E-state index contributed by atoms with van der Waals surface area (Å²) in [6.45, 7) is 0. The van der Waals surface area contributed by atoms with E-state index in [4.69, 9.17) is 0 Å². The van der Waals surface area contributed by atoms with Crippen LogP contribution in [0, 0.1) is 5.82 Å². The second-order valence-corrected chi connectivity index (χ2v) is 4.23. The van der Waals surface area contributed by atoms with E-state index in [1.54, 1.807) is 24.3 Å². The number of rotatable bonds is 4. The van der Waals surface area contributed by atoms with Crippen LogP contribution in [-0.2, 0) is 6.42 Å². The van der Waals surface area contributed by atoms with Crippen LogP contribution in [-0.4, -0.2) is 12.2 Å². The van der Waals surface area contributed by atoms with Crippen LogP contribution >= 0.6 is 0 Å². The van der Waals surface area contributed by atoms with Gasteiger partial charge in [0.25, 0.3) is 0 Å². The number of halogens is 1. The fraction of sp³-hybridized carbons (Fsp3) is 0.200. The number of hydrogen-bond acceptors (Lipinski definition) is 2. The maximum Gasteiger partial charge on any atom is 0.127 e. The Balaban J connectivity index is 2.20. The first-order chi connectivity index (χ1) is 8.70. The fourth-order valence-corrected chi connectivity index (χ4v) is 1.99. The van der Waals surface area contributed by atoms with Gasteiger partial charge in [-0.05, 0) is 37.2 Å². The Bertz CT molecular complexity index is 510. The Morgan fingerprint density at radius 1 is 1.11 bits per heavy atom. The average Bonchev–Trinajstić information content (AvgIpc) is 2.39. The predicted molar refractivity (Wildman–Crippen MR) is 70.0 cm³/mol. The highest BCUT2D eigenvalue weighted by molar-refractivity contribution is 5.29. The molecule has 0 fully saturated rings. The molecule has 0 aliphatic heterocycles. The lowest BCUT2D eigenvalue weighted by Crippen LogP contribution is -2.20. The lowest BCUT2D eigenvalue weighted by atomic mass is 9.98. The van der Waals surface area contributed by atoms with Crippen LogP contribution in [0.1, 0.15) is 17.2 Å². The quantitative estimate of drug-likeness (QED) is 0.867. The van der Waals surface area contributed by atoms with E-state index in [9.17, 15) is 9.50 Å². The molecule has 0 aliphatic carbocycles. The van der Waals surface area contributed by atoms with E-state index in [1.165, 1.54) is 6.07 Å². The second-order valence-electron chi connectivity index (χ2n) is 4.23. The lowest BCUT2D eigenvalue weighted by molar-refractivity contribution is 0.474. The van der Waals surface area contributed by atoms with Crippen LogP contribution in [0.15, 0.2) is 48.5 Å². The third kappa shape index (κ3) is 2.87. The third-order valence-corrected chi connectivity index (χ3v) is 3.01. The molecule has 0 amide bonds. The van der Waals surface area contributed by atoms with E-state index in [0.717, 1.165) is 5.56 Å². The van der Waals surface area contributed by atoms with Crippen molar-refractivity contribution in [3.8, 4) is 5.75 Å². The van der Waals surface area contributed by atoms with Gasteiger partial charge in [-0.25, -0.2) is 4.39 Å². The van der Waals surface area contributed by atoms with Crippen molar-refractivity contribution in [2.75, 3.05) is 7.05 Å². The molecule has 0 spiro atoms. The van der Waals surface area contributed by atoms with Gasteiger partial charge in [0.15, 0.2) is 0 Å². The first-order valence-corrected chi connectivity index (χ1v) is 5.90. The summed E-state index contributed by atoms with van der Waals surface area (Å²) in [6, 6.07) is 13.7. The Kier molecular flexibility index (Phi) is 3.95. The molecule has 0 saturated carbocycles. The minimum atomic E-state index is -0.198. The molecule has 0 radical (unpaired) electrons. The number of likely N-dealkylation sites (N-methyl/N-ethyl adjacent to an activating group) is 1. The maximum atomic E-state index is 13.7. The van der Waals surface area contributed by atoms with Gasteiger partial charge in [0.1, 0.15) is 11.6 Å². The zero-order valence-electron chi connectivity index (χ0n) is 10.2. The molecule has 2 nitrogen and oxygen atoms in total. The number of phenols is 1. The number of nitrogens with one attached hydrogen (secondary N) is 1. The van der Waals surface area contributed by atoms with Crippen molar-refractivity contribution in [1.29, 1.82) is 0 Å². The van der Waals surface area contributed by atoms with Crippen molar-refractivity contribution in [2.45, 2.75) is 12.5 Å². The Morgan fingerprint density at radius 2 is 1.78 bits per heavy atom. The van der Waals surface area contributed by atoms with Gasteiger partial charge in [-0.3, -0.25) is 0 Å². The maximum absolute atomic E-state index is 13.7. The summed E-state index contributed by atoms with van der Waals surface area (Å²) in [6.07, 6.45) is 0.678. The summed E-state index contributed by atoms with van der Waals surface area (Å²) in [4.78, 5) is 0. The molecule has 0 aromatic heterocycles. The molecule has 18 heavy (non-hydrogen) atoms. The summed E-state index contributed by atoms with van der Waals surface area (Å²) < 4.78 is 13.7.